The van der Waals surface area contributed by atoms with E-state index in [0.717, 1.165) is 11.1 Å². The maximum absolute atomic E-state index is 5.89. The molecular formula is C8H12Cl4N2. The van der Waals surface area contributed by atoms with Crippen LogP contribution in [-0.4, -0.2) is 0 Å². The number of benzene rings is 1. The first-order valence-electron chi connectivity index (χ1n) is 3.26. The predicted octanol–water partition coefficient (Wildman–Crippen LogP) is 5.24. The Morgan fingerprint density at radius 1 is 0.571 bits per heavy atom. The van der Waals surface area contributed by atoms with E-state index in [-0.39, 0.29) is 12.3 Å². The molecule has 0 saturated carbocycles. The molecule has 0 atom stereocenters. The van der Waals surface area contributed by atoms with Gasteiger partial charge in [0.2, 0.25) is 0 Å². The van der Waals surface area contributed by atoms with E-state index in [1.807, 2.05) is 0 Å². The van der Waals surface area contributed by atoms with E-state index in [0.29, 0.717) is 20.1 Å². The first kappa shape index (κ1) is 16.7. The molecule has 0 aromatic heterocycles. The van der Waals surface area contributed by atoms with Gasteiger partial charge in [0.15, 0.2) is 0 Å². The number of hydrogen-bond acceptors (Lipinski definition) is 2. The molecule has 14 heavy (non-hydrogen) atoms. The summed E-state index contributed by atoms with van der Waals surface area (Å²) in [5.74, 6) is 0. The van der Waals surface area contributed by atoms with Gasteiger partial charge in [-0.15, -0.1) is 0 Å². The third kappa shape index (κ3) is 2.66. The Bertz CT molecular complexity index is 234. The Labute approximate surface area is 104 Å². The van der Waals surface area contributed by atoms with E-state index in [1.54, 1.807) is 13.8 Å². The lowest BCUT2D eigenvalue weighted by Crippen LogP contribution is -1.86. The van der Waals surface area contributed by atoms with Gasteiger partial charge < -0.3 is 12.3 Å². The van der Waals surface area contributed by atoms with Gasteiger partial charge in [0, 0.05) is 0 Å². The van der Waals surface area contributed by atoms with E-state index < -0.39 is 0 Å². The molecule has 1 aromatic carbocycles. The lowest BCUT2D eigenvalue weighted by molar-refractivity contribution is 1.40. The van der Waals surface area contributed by atoms with E-state index in [1.165, 1.54) is 0 Å². The van der Waals surface area contributed by atoms with E-state index in [4.69, 9.17) is 46.4 Å². The Morgan fingerprint density at radius 3 is 0.857 bits per heavy atom. The first-order chi connectivity index (χ1) is 5.46. The van der Waals surface area contributed by atoms with E-state index in [2.05, 4.69) is 0 Å². The van der Waals surface area contributed by atoms with Gasteiger partial charge in [0.1, 0.15) is 0 Å². The summed E-state index contributed by atoms with van der Waals surface area (Å²) in [6, 6.07) is 0. The lowest BCUT2D eigenvalue weighted by atomic mass is 10.2. The average molecular weight is 278 g/mol. The number of halogens is 4. The molecule has 82 valence electrons. The molecular weight excluding hydrogens is 266 g/mol. The van der Waals surface area contributed by atoms with Crippen LogP contribution in [0, 0.1) is 13.8 Å². The summed E-state index contributed by atoms with van der Waals surface area (Å²) in [6.07, 6.45) is 0. The second-order valence-corrected chi connectivity index (χ2v) is 4.02. The fraction of sp³-hybridized carbons (Fsp3) is 0.250. The summed E-state index contributed by atoms with van der Waals surface area (Å²) < 4.78 is 0. The van der Waals surface area contributed by atoms with Crippen molar-refractivity contribution in [3.63, 3.8) is 0 Å². The Morgan fingerprint density at radius 2 is 0.714 bits per heavy atom. The lowest BCUT2D eigenvalue weighted by Gasteiger charge is -2.09. The standard InChI is InChI=1S/C8H6Cl4.2H3N/c1-3-5(9)7(11)4(2)8(12)6(3)10;;/h1-2H3;2*1H3. The van der Waals surface area contributed by atoms with Crippen molar-refractivity contribution >= 4 is 46.4 Å². The summed E-state index contributed by atoms with van der Waals surface area (Å²) in [5, 5.41) is 1.90. The minimum Gasteiger partial charge on any atom is -0.344 e. The van der Waals surface area contributed by atoms with Crippen LogP contribution in [0.5, 0.6) is 0 Å². The highest BCUT2D eigenvalue weighted by atomic mass is 35.5. The molecule has 0 bridgehead atoms. The smallest absolute Gasteiger partial charge is 0.0640 e. The van der Waals surface area contributed by atoms with Gasteiger partial charge in [0.25, 0.3) is 0 Å². The van der Waals surface area contributed by atoms with Crippen molar-refractivity contribution in [1.82, 2.24) is 12.3 Å². The monoisotopic (exact) mass is 276 g/mol. The highest BCUT2D eigenvalue weighted by Gasteiger charge is 2.14. The average Bonchev–Trinajstić information content (AvgIpc) is 2.08. The molecule has 1 aromatic rings. The Hall–Kier alpha value is 0.300. The van der Waals surface area contributed by atoms with Gasteiger partial charge in [-0.25, -0.2) is 0 Å². The molecule has 6 heteroatoms. The zero-order chi connectivity index (χ0) is 9.46. The van der Waals surface area contributed by atoms with Crippen LogP contribution in [0.25, 0.3) is 0 Å². The fourth-order valence-electron chi connectivity index (χ4n) is 0.851. The second-order valence-electron chi connectivity index (χ2n) is 2.51. The largest absolute Gasteiger partial charge is 0.344 e. The van der Waals surface area contributed by atoms with Gasteiger partial charge in [-0.2, -0.15) is 0 Å². The summed E-state index contributed by atoms with van der Waals surface area (Å²) in [4.78, 5) is 0. The van der Waals surface area contributed by atoms with Crippen LogP contribution < -0.4 is 12.3 Å². The summed E-state index contributed by atoms with van der Waals surface area (Å²) in [5.41, 5.74) is 1.44. The number of hydrogen-bond donors (Lipinski definition) is 2. The highest BCUT2D eigenvalue weighted by molar-refractivity contribution is 6.48. The molecule has 1 rings (SSSR count). The quantitative estimate of drug-likeness (QED) is 0.637. The topological polar surface area (TPSA) is 70.0 Å². The molecule has 0 aliphatic carbocycles. The molecule has 0 amide bonds. The maximum Gasteiger partial charge on any atom is 0.0640 e. The van der Waals surface area contributed by atoms with Crippen LogP contribution in [-0.2, 0) is 0 Å². The minimum atomic E-state index is 0. The van der Waals surface area contributed by atoms with Crippen LogP contribution in [0.2, 0.25) is 20.1 Å². The molecule has 2 nitrogen and oxygen atoms in total. The zero-order valence-corrected chi connectivity index (χ0v) is 10.9. The predicted molar refractivity (Wildman–Crippen MR) is 66.0 cm³/mol. The van der Waals surface area contributed by atoms with Gasteiger partial charge in [-0.1, -0.05) is 46.4 Å². The van der Waals surface area contributed by atoms with Crippen LogP contribution in [0.1, 0.15) is 11.1 Å². The summed E-state index contributed by atoms with van der Waals surface area (Å²) >= 11 is 23.5. The Kier molecular flexibility index (Phi) is 7.18. The highest BCUT2D eigenvalue weighted by Crippen LogP contribution is 2.39. The number of rotatable bonds is 0. The molecule has 0 fully saturated rings. The van der Waals surface area contributed by atoms with Crippen LogP contribution >= 0.6 is 46.4 Å². The van der Waals surface area contributed by atoms with Gasteiger partial charge in [-0.05, 0) is 25.0 Å². The second kappa shape index (κ2) is 6.01. The molecule has 0 spiro atoms. The van der Waals surface area contributed by atoms with Crippen molar-refractivity contribution in [3.8, 4) is 0 Å². The zero-order valence-electron chi connectivity index (χ0n) is 7.93. The van der Waals surface area contributed by atoms with Crippen LogP contribution in [0.3, 0.4) is 0 Å². The van der Waals surface area contributed by atoms with E-state index in [9.17, 15) is 0 Å². The maximum atomic E-state index is 5.89. The molecule has 0 heterocycles. The molecule has 0 saturated heterocycles. The molecule has 0 unspecified atom stereocenters. The van der Waals surface area contributed by atoms with E-state index >= 15 is 0 Å². The van der Waals surface area contributed by atoms with Crippen molar-refractivity contribution < 1.29 is 0 Å². The van der Waals surface area contributed by atoms with Crippen molar-refractivity contribution in [2.75, 3.05) is 0 Å². The Balaban J connectivity index is 0. The molecule has 6 N–H and O–H groups in total. The minimum absolute atomic E-state index is 0. The third-order valence-electron chi connectivity index (χ3n) is 1.70. The molecule has 0 aliphatic heterocycles. The SMILES string of the molecule is Cc1c(Cl)c(Cl)c(C)c(Cl)c1Cl.N.N. The normalized spacial score (nSPS) is 9.00. The van der Waals surface area contributed by atoms with Crippen molar-refractivity contribution in [1.29, 1.82) is 0 Å². The van der Waals surface area contributed by atoms with Gasteiger partial charge in [-0.3, -0.25) is 0 Å². The van der Waals surface area contributed by atoms with Gasteiger partial charge in [0.05, 0.1) is 20.1 Å². The van der Waals surface area contributed by atoms with Crippen molar-refractivity contribution in [3.05, 3.63) is 31.2 Å². The van der Waals surface area contributed by atoms with Crippen molar-refractivity contribution in [2.24, 2.45) is 0 Å². The summed E-state index contributed by atoms with van der Waals surface area (Å²) in [7, 11) is 0. The van der Waals surface area contributed by atoms with Crippen molar-refractivity contribution in [2.45, 2.75) is 13.8 Å². The molecule has 0 radical (unpaired) electrons. The third-order valence-corrected chi connectivity index (χ3v) is 3.79. The molecule has 0 aliphatic rings. The van der Waals surface area contributed by atoms with Crippen LogP contribution in [0.4, 0.5) is 0 Å². The van der Waals surface area contributed by atoms with Crippen LogP contribution in [0.15, 0.2) is 0 Å². The first-order valence-corrected chi connectivity index (χ1v) is 4.77. The fourth-order valence-corrected chi connectivity index (χ4v) is 1.89. The van der Waals surface area contributed by atoms with Gasteiger partial charge >= 0.3 is 0 Å². The summed E-state index contributed by atoms with van der Waals surface area (Å²) in [6.45, 7) is 3.56.